The molecule has 1 saturated heterocycles. The number of carbonyl (C=O) groups excluding carboxylic acids is 3. The molecule has 3 rings (SSSR count). The van der Waals surface area contributed by atoms with Crippen LogP contribution in [0.3, 0.4) is 0 Å². The van der Waals surface area contributed by atoms with Gasteiger partial charge in [-0.15, -0.1) is 0 Å². The van der Waals surface area contributed by atoms with E-state index < -0.39 is 42.4 Å². The average molecular weight is 456 g/mol. The van der Waals surface area contributed by atoms with Gasteiger partial charge in [-0.05, 0) is 0 Å². The Kier molecular flexibility index (Phi) is 7.38. The molecule has 0 amide bonds. The van der Waals surface area contributed by atoms with Gasteiger partial charge in [0, 0.05) is 32.3 Å². The van der Waals surface area contributed by atoms with E-state index in [1.165, 1.54) is 43.4 Å². The van der Waals surface area contributed by atoms with Gasteiger partial charge in [-0.2, -0.15) is 16.2 Å². The molecule has 0 radical (unpaired) electrons. The van der Waals surface area contributed by atoms with Crippen molar-refractivity contribution < 1.29 is 37.7 Å². The third-order valence-electron chi connectivity index (χ3n) is 4.29. The van der Waals surface area contributed by atoms with Crippen LogP contribution in [-0.2, 0) is 33.3 Å². The number of aromatic nitrogens is 4. The predicted molar refractivity (Wildman–Crippen MR) is 104 cm³/mol. The summed E-state index contributed by atoms with van der Waals surface area (Å²) >= 11 is 1.41. The minimum absolute atomic E-state index is 0.0732. The van der Waals surface area contributed by atoms with Gasteiger partial charge in [-0.1, -0.05) is 0 Å². The topological polar surface area (TPSA) is 132 Å². The first kappa shape index (κ1) is 22.9. The molecule has 0 saturated carbocycles. The van der Waals surface area contributed by atoms with Crippen LogP contribution in [0.4, 0.5) is 4.39 Å². The number of hydrogen-bond acceptors (Lipinski definition) is 11. The number of halogens is 1. The van der Waals surface area contributed by atoms with Crippen molar-refractivity contribution in [3.8, 4) is 0 Å². The fourth-order valence-corrected chi connectivity index (χ4v) is 4.04. The van der Waals surface area contributed by atoms with Crippen molar-refractivity contribution in [1.29, 1.82) is 0 Å². The molecule has 1 fully saturated rings. The summed E-state index contributed by atoms with van der Waals surface area (Å²) in [5.74, 6) is -1.54. The second-order valence-electron chi connectivity index (χ2n) is 6.62. The van der Waals surface area contributed by atoms with E-state index >= 15 is 0 Å². The van der Waals surface area contributed by atoms with Crippen molar-refractivity contribution in [3.63, 3.8) is 0 Å². The highest BCUT2D eigenvalue weighted by Crippen LogP contribution is 2.37. The van der Waals surface area contributed by atoms with Gasteiger partial charge in [0.1, 0.15) is 19.0 Å². The Balaban J connectivity index is 1.86. The number of esters is 3. The summed E-state index contributed by atoms with van der Waals surface area (Å²) in [5, 5.41) is 0. The molecule has 31 heavy (non-hydrogen) atoms. The lowest BCUT2D eigenvalue weighted by Crippen LogP contribution is -2.39. The second kappa shape index (κ2) is 10.0. The van der Waals surface area contributed by atoms with Gasteiger partial charge < -0.3 is 18.9 Å². The molecule has 0 spiro atoms. The molecule has 13 heteroatoms. The molecular formula is C18H21FN4O7S. The number of ether oxygens (including phenoxy) is 4. The molecule has 0 bridgehead atoms. The van der Waals surface area contributed by atoms with E-state index in [1.807, 2.05) is 0 Å². The molecule has 1 aliphatic rings. The lowest BCUT2D eigenvalue weighted by atomic mass is 10.1. The van der Waals surface area contributed by atoms with Crippen molar-refractivity contribution in [3.05, 3.63) is 18.6 Å². The lowest BCUT2D eigenvalue weighted by Gasteiger charge is -2.23. The largest absolute Gasteiger partial charge is 0.465 e. The van der Waals surface area contributed by atoms with Gasteiger partial charge in [0.25, 0.3) is 0 Å². The van der Waals surface area contributed by atoms with Gasteiger partial charge in [-0.25, -0.2) is 15.0 Å². The number of nitrogens with zero attached hydrogens (tertiary/aromatic N) is 4. The number of hydrogen-bond donors (Lipinski definition) is 0. The Morgan fingerprint density at radius 3 is 2.48 bits per heavy atom. The smallest absolute Gasteiger partial charge is 0.303 e. The van der Waals surface area contributed by atoms with E-state index in [4.69, 9.17) is 18.9 Å². The quantitative estimate of drug-likeness (QED) is 0.244. The molecule has 2 aromatic heterocycles. The zero-order valence-electron chi connectivity index (χ0n) is 17.0. The Labute approximate surface area is 180 Å². The summed E-state index contributed by atoms with van der Waals surface area (Å²) in [4.78, 5) is 45.8. The fourth-order valence-electron chi connectivity index (χ4n) is 3.17. The van der Waals surface area contributed by atoms with Gasteiger partial charge in [0.2, 0.25) is 5.95 Å². The minimum Gasteiger partial charge on any atom is -0.465 e. The van der Waals surface area contributed by atoms with Crippen molar-refractivity contribution >= 4 is 40.8 Å². The summed E-state index contributed by atoms with van der Waals surface area (Å²) < 4.78 is 37.2. The third kappa shape index (κ3) is 5.47. The summed E-state index contributed by atoms with van der Waals surface area (Å²) in [7, 11) is 0. The number of rotatable bonds is 8. The summed E-state index contributed by atoms with van der Waals surface area (Å²) in [5.41, 5.74) is 0.0651. The lowest BCUT2D eigenvalue weighted by molar-refractivity contribution is -0.165. The molecule has 2 aromatic rings. The maximum atomic E-state index is 14.0. The average Bonchev–Trinajstić information content (AvgIpc) is 3.24. The fraction of sp³-hybridized carbons (Fsp3) is 0.556. The van der Waals surface area contributed by atoms with E-state index in [0.29, 0.717) is 11.5 Å². The Bertz CT molecular complexity index is 972. The van der Waals surface area contributed by atoms with Crippen molar-refractivity contribution in [2.75, 3.05) is 18.1 Å². The molecule has 11 nitrogen and oxygen atoms in total. The minimum atomic E-state index is -1.02. The molecule has 3 heterocycles. The molecule has 0 N–H and O–H groups in total. The summed E-state index contributed by atoms with van der Waals surface area (Å²) in [6.45, 7) is 3.98. The zero-order valence-corrected chi connectivity index (χ0v) is 17.8. The number of thioether (sulfide) groups is 1. The number of carbonyl (C=O) groups is 3. The maximum Gasteiger partial charge on any atom is 0.303 e. The third-order valence-corrected chi connectivity index (χ3v) is 5.31. The Hall–Kier alpha value is -2.80. The predicted octanol–water partition coefficient (Wildman–Crippen LogP) is 1.02. The van der Waals surface area contributed by atoms with Crippen molar-refractivity contribution in [1.82, 2.24) is 19.5 Å². The molecule has 0 unspecified atom stereocenters. The van der Waals surface area contributed by atoms with E-state index in [2.05, 4.69) is 15.0 Å². The van der Waals surface area contributed by atoms with E-state index in [0.717, 1.165) is 6.33 Å². The molecule has 0 aliphatic carbocycles. The standard InChI is InChI=1S/C18H21FN4O7S/c1-9(24)27-4-5-31-6-12-14(28-10(2)25)15(29-11(3)26)18(30-12)23-8-22-13-16(19)20-7-21-17(13)23/h7-8,12,14-15,18H,4-6H2,1-3H3/t12-,14-,15-,18-/m1/s1. The molecule has 168 valence electrons. The summed E-state index contributed by atoms with van der Waals surface area (Å²) in [6, 6.07) is 0. The van der Waals surface area contributed by atoms with E-state index in [1.54, 1.807) is 0 Å². The maximum absolute atomic E-state index is 14.0. The second-order valence-corrected chi connectivity index (χ2v) is 7.77. The van der Waals surface area contributed by atoms with Crippen LogP contribution in [0.2, 0.25) is 0 Å². The van der Waals surface area contributed by atoms with Crippen LogP contribution in [0.15, 0.2) is 12.7 Å². The first-order chi connectivity index (χ1) is 14.8. The van der Waals surface area contributed by atoms with Crippen LogP contribution in [0.5, 0.6) is 0 Å². The molecule has 1 aliphatic heterocycles. The van der Waals surface area contributed by atoms with Crippen molar-refractivity contribution in [2.45, 2.75) is 45.3 Å². The normalized spacial score (nSPS) is 23.0. The number of fused-ring (bicyclic) bond motifs is 1. The van der Waals surface area contributed by atoms with E-state index in [-0.39, 0.29) is 23.7 Å². The van der Waals surface area contributed by atoms with Crippen LogP contribution in [-0.4, -0.2) is 73.9 Å². The van der Waals surface area contributed by atoms with Gasteiger partial charge in [-0.3, -0.25) is 19.0 Å². The van der Waals surface area contributed by atoms with Crippen LogP contribution in [0.25, 0.3) is 11.2 Å². The highest BCUT2D eigenvalue weighted by Gasteiger charge is 2.50. The van der Waals surface area contributed by atoms with Crippen LogP contribution >= 0.6 is 11.8 Å². The first-order valence-corrected chi connectivity index (χ1v) is 10.5. The van der Waals surface area contributed by atoms with Crippen LogP contribution < -0.4 is 0 Å². The first-order valence-electron chi connectivity index (χ1n) is 9.32. The Morgan fingerprint density at radius 2 is 1.81 bits per heavy atom. The van der Waals surface area contributed by atoms with Crippen LogP contribution in [0.1, 0.15) is 27.0 Å². The van der Waals surface area contributed by atoms with Gasteiger partial charge in [0.05, 0.1) is 6.33 Å². The molecule has 4 atom stereocenters. The van der Waals surface area contributed by atoms with Crippen LogP contribution in [0, 0.1) is 5.95 Å². The monoisotopic (exact) mass is 456 g/mol. The Morgan fingerprint density at radius 1 is 1.10 bits per heavy atom. The zero-order chi connectivity index (χ0) is 22.5. The van der Waals surface area contributed by atoms with Gasteiger partial charge in [0.15, 0.2) is 29.6 Å². The number of imidazole rings is 1. The van der Waals surface area contributed by atoms with E-state index in [9.17, 15) is 18.8 Å². The highest BCUT2D eigenvalue weighted by molar-refractivity contribution is 7.99. The molecule has 0 aromatic carbocycles. The van der Waals surface area contributed by atoms with Gasteiger partial charge >= 0.3 is 17.9 Å². The molecular weight excluding hydrogens is 435 g/mol. The summed E-state index contributed by atoms with van der Waals surface area (Å²) in [6.07, 6.45) is -1.23. The highest BCUT2D eigenvalue weighted by atomic mass is 32.2. The SMILES string of the molecule is CC(=O)OCCSC[C@H]1O[C@@H](n2cnc3c(F)ncnc32)[C@H](OC(C)=O)[C@@H]1OC(C)=O. The van der Waals surface area contributed by atoms with Crippen molar-refractivity contribution in [2.24, 2.45) is 0 Å².